The van der Waals surface area contributed by atoms with Gasteiger partial charge in [-0.25, -0.2) is 0 Å². The van der Waals surface area contributed by atoms with Gasteiger partial charge in [0.15, 0.2) is 0 Å². The van der Waals surface area contributed by atoms with E-state index in [9.17, 15) is 9.59 Å². The SMILES string of the molecule is [B][C@H](Cc1coc2ccccc12)NC(=O)C(C(=O)N(C)C)c1ccccc1. The minimum absolute atomic E-state index is 0.292. The van der Waals surface area contributed by atoms with E-state index >= 15 is 0 Å². The molecule has 0 saturated carbocycles. The number of hydrogen-bond donors (Lipinski definition) is 1. The molecule has 2 atom stereocenters. The molecule has 0 aliphatic carbocycles. The molecule has 3 rings (SSSR count). The zero-order valence-electron chi connectivity index (χ0n) is 15.4. The summed E-state index contributed by atoms with van der Waals surface area (Å²) in [5.74, 6) is -2.28. The van der Waals surface area contributed by atoms with Crippen LogP contribution >= 0.6 is 0 Å². The van der Waals surface area contributed by atoms with Crippen LogP contribution < -0.4 is 5.32 Å². The van der Waals surface area contributed by atoms with Gasteiger partial charge in [0, 0.05) is 19.5 Å². The standard InChI is InChI=1S/C21H21BN2O3/c1-24(2)21(26)19(14-8-4-3-5-9-14)20(25)23-18(22)12-15-13-27-17-11-7-6-10-16(15)17/h3-11,13,18-19H,12H2,1-2H3,(H,23,25)/t18-,19?/m0/s1. The highest BCUT2D eigenvalue weighted by Crippen LogP contribution is 2.22. The number of furan rings is 1. The highest BCUT2D eigenvalue weighted by atomic mass is 16.3. The van der Waals surface area contributed by atoms with E-state index in [2.05, 4.69) is 5.32 Å². The Morgan fingerprint density at radius 2 is 1.74 bits per heavy atom. The molecule has 5 nitrogen and oxygen atoms in total. The lowest BCUT2D eigenvalue weighted by Gasteiger charge is -2.23. The van der Waals surface area contributed by atoms with Crippen molar-refractivity contribution in [3.05, 3.63) is 72.0 Å². The van der Waals surface area contributed by atoms with Crippen LogP contribution in [0.5, 0.6) is 0 Å². The molecule has 136 valence electrons. The number of likely N-dealkylation sites (N-methyl/N-ethyl adjacent to an activating group) is 1. The molecule has 2 amide bonds. The molecule has 0 aliphatic rings. The third-order valence-corrected chi connectivity index (χ3v) is 4.41. The van der Waals surface area contributed by atoms with E-state index in [1.165, 1.54) is 4.90 Å². The van der Waals surface area contributed by atoms with E-state index in [-0.39, 0.29) is 5.91 Å². The summed E-state index contributed by atoms with van der Waals surface area (Å²) in [5, 5.41) is 3.73. The summed E-state index contributed by atoms with van der Waals surface area (Å²) in [5.41, 5.74) is 2.32. The number of hydrogen-bond acceptors (Lipinski definition) is 3. The second kappa shape index (κ2) is 8.12. The van der Waals surface area contributed by atoms with Crippen LogP contribution in [0.15, 0.2) is 65.3 Å². The Morgan fingerprint density at radius 1 is 1.07 bits per heavy atom. The fourth-order valence-corrected chi connectivity index (χ4v) is 3.05. The third-order valence-electron chi connectivity index (χ3n) is 4.41. The maximum Gasteiger partial charge on any atom is 0.239 e. The van der Waals surface area contributed by atoms with E-state index in [4.69, 9.17) is 12.3 Å². The van der Waals surface area contributed by atoms with Crippen molar-refractivity contribution >= 4 is 30.6 Å². The van der Waals surface area contributed by atoms with Crippen molar-refractivity contribution in [1.29, 1.82) is 0 Å². The molecule has 6 heteroatoms. The van der Waals surface area contributed by atoms with Crippen LogP contribution in [0.4, 0.5) is 0 Å². The summed E-state index contributed by atoms with van der Waals surface area (Å²) in [4.78, 5) is 26.8. The molecule has 1 unspecified atom stereocenters. The van der Waals surface area contributed by atoms with Gasteiger partial charge in [0.05, 0.1) is 14.1 Å². The Kier molecular flexibility index (Phi) is 5.64. The van der Waals surface area contributed by atoms with E-state index in [1.807, 2.05) is 30.3 Å². The van der Waals surface area contributed by atoms with Gasteiger partial charge in [0.1, 0.15) is 11.5 Å². The average Bonchev–Trinajstić information content (AvgIpc) is 3.05. The van der Waals surface area contributed by atoms with Crippen LogP contribution in [0.2, 0.25) is 0 Å². The van der Waals surface area contributed by atoms with Gasteiger partial charge >= 0.3 is 0 Å². The Bertz CT molecular complexity index is 937. The first-order chi connectivity index (χ1) is 13.0. The second-order valence-corrected chi connectivity index (χ2v) is 6.65. The summed E-state index contributed by atoms with van der Waals surface area (Å²) in [7, 11) is 9.41. The number of nitrogens with one attached hydrogen (secondary N) is 1. The maximum atomic E-state index is 12.8. The lowest BCUT2D eigenvalue weighted by molar-refractivity contribution is -0.136. The molecule has 3 aromatic rings. The summed E-state index contributed by atoms with van der Waals surface area (Å²) in [6, 6.07) is 16.6. The van der Waals surface area contributed by atoms with Gasteiger partial charge in [0.25, 0.3) is 0 Å². The number of rotatable bonds is 6. The van der Waals surface area contributed by atoms with Crippen LogP contribution in [0.25, 0.3) is 11.0 Å². The zero-order valence-corrected chi connectivity index (χ0v) is 15.4. The Hall–Kier alpha value is -3.02. The van der Waals surface area contributed by atoms with Gasteiger partial charge in [-0.15, -0.1) is 0 Å². The first-order valence-corrected chi connectivity index (χ1v) is 8.74. The van der Waals surface area contributed by atoms with Gasteiger partial charge in [-0.1, -0.05) is 48.5 Å². The molecular weight excluding hydrogens is 339 g/mol. The summed E-state index contributed by atoms with van der Waals surface area (Å²) in [6.07, 6.45) is 2.05. The number of fused-ring (bicyclic) bond motifs is 1. The first-order valence-electron chi connectivity index (χ1n) is 8.74. The van der Waals surface area contributed by atoms with E-state index in [0.717, 1.165) is 16.5 Å². The molecule has 2 radical (unpaired) electrons. The van der Waals surface area contributed by atoms with Crippen molar-refractivity contribution in [2.45, 2.75) is 18.3 Å². The van der Waals surface area contributed by atoms with Gasteiger partial charge in [-0.2, -0.15) is 0 Å². The topological polar surface area (TPSA) is 62.6 Å². The molecule has 1 N–H and O–H groups in total. The normalized spacial score (nSPS) is 13.1. The molecule has 0 saturated heterocycles. The number of nitrogens with zero attached hydrogens (tertiary/aromatic N) is 1. The van der Waals surface area contributed by atoms with E-state index in [1.54, 1.807) is 44.6 Å². The van der Waals surface area contributed by atoms with Gasteiger partial charge in [-0.3, -0.25) is 9.59 Å². The van der Waals surface area contributed by atoms with Crippen molar-refractivity contribution in [3.8, 4) is 0 Å². The molecule has 1 aromatic heterocycles. The molecule has 1 heterocycles. The molecule has 0 aliphatic heterocycles. The van der Waals surface area contributed by atoms with Crippen molar-refractivity contribution in [1.82, 2.24) is 10.2 Å². The highest BCUT2D eigenvalue weighted by Gasteiger charge is 2.30. The maximum absolute atomic E-state index is 12.8. The van der Waals surface area contributed by atoms with Crippen LogP contribution in [-0.2, 0) is 16.0 Å². The summed E-state index contributed by atoms with van der Waals surface area (Å²) >= 11 is 0. The smallest absolute Gasteiger partial charge is 0.239 e. The number of carbonyl (C=O) groups is 2. The first kappa shape index (κ1) is 18.8. The minimum atomic E-state index is -0.937. The fourth-order valence-electron chi connectivity index (χ4n) is 3.05. The highest BCUT2D eigenvalue weighted by molar-refractivity contribution is 6.15. The minimum Gasteiger partial charge on any atom is -0.464 e. The number of amides is 2. The largest absolute Gasteiger partial charge is 0.464 e. The zero-order chi connectivity index (χ0) is 19.4. The van der Waals surface area contributed by atoms with Crippen LogP contribution in [0.3, 0.4) is 0 Å². The molecule has 0 fully saturated rings. The van der Waals surface area contributed by atoms with Crippen LogP contribution in [0, 0.1) is 0 Å². The van der Waals surface area contributed by atoms with E-state index < -0.39 is 17.8 Å². The lowest BCUT2D eigenvalue weighted by atomic mass is 9.88. The van der Waals surface area contributed by atoms with Crippen molar-refractivity contribution in [2.75, 3.05) is 14.1 Å². The Balaban J connectivity index is 1.75. The molecule has 0 spiro atoms. The third kappa shape index (κ3) is 4.22. The summed E-state index contributed by atoms with van der Waals surface area (Å²) in [6.45, 7) is 0. The van der Waals surface area contributed by atoms with Gasteiger partial charge < -0.3 is 14.6 Å². The van der Waals surface area contributed by atoms with Crippen LogP contribution in [0.1, 0.15) is 17.0 Å². The fraction of sp³-hybridized carbons (Fsp3) is 0.238. The van der Waals surface area contributed by atoms with Crippen LogP contribution in [-0.4, -0.2) is 44.6 Å². The van der Waals surface area contributed by atoms with Crippen molar-refractivity contribution < 1.29 is 14.0 Å². The average molecular weight is 360 g/mol. The summed E-state index contributed by atoms with van der Waals surface area (Å²) < 4.78 is 5.51. The van der Waals surface area contributed by atoms with Gasteiger partial charge in [0.2, 0.25) is 11.8 Å². The second-order valence-electron chi connectivity index (χ2n) is 6.65. The van der Waals surface area contributed by atoms with Crippen molar-refractivity contribution in [3.63, 3.8) is 0 Å². The predicted octanol–water partition coefficient (Wildman–Crippen LogP) is 2.46. The van der Waals surface area contributed by atoms with E-state index in [0.29, 0.717) is 12.0 Å². The molecule has 27 heavy (non-hydrogen) atoms. The molecule has 0 bridgehead atoms. The Labute approximate surface area is 159 Å². The lowest BCUT2D eigenvalue weighted by Crippen LogP contribution is -2.44. The van der Waals surface area contributed by atoms with Crippen molar-refractivity contribution in [2.24, 2.45) is 0 Å². The van der Waals surface area contributed by atoms with Gasteiger partial charge in [-0.05, 0) is 29.6 Å². The number of benzene rings is 2. The molecule has 2 aromatic carbocycles. The Morgan fingerprint density at radius 3 is 2.44 bits per heavy atom. The monoisotopic (exact) mass is 360 g/mol. The number of para-hydroxylation sites is 1. The predicted molar refractivity (Wildman–Crippen MR) is 105 cm³/mol. The molecular formula is C21H21BN2O3. The number of carbonyl (C=O) groups excluding carboxylic acids is 2. The quantitative estimate of drug-likeness (QED) is 0.543.